The Morgan fingerprint density at radius 2 is 1.61 bits per heavy atom. The Morgan fingerprint density at radius 1 is 0.870 bits per heavy atom. The third kappa shape index (κ3) is 3.62. The molecule has 2 N–H and O–H groups in total. The molecule has 0 saturated carbocycles. The summed E-state index contributed by atoms with van der Waals surface area (Å²) >= 11 is 0. The molecule has 2 amide bonds. The largest absolute Gasteiger partial charge is 0.472 e. The summed E-state index contributed by atoms with van der Waals surface area (Å²) in [6.07, 6.45) is 6.00. The van der Waals surface area contributed by atoms with Crippen molar-refractivity contribution in [1.82, 2.24) is 4.98 Å². The fourth-order valence-corrected chi connectivity index (χ4v) is 1.94. The highest BCUT2D eigenvalue weighted by atomic mass is 16.3. The molecule has 0 bridgehead atoms. The van der Waals surface area contributed by atoms with Gasteiger partial charge in [-0.05, 0) is 42.5 Å². The van der Waals surface area contributed by atoms with Crippen molar-refractivity contribution < 1.29 is 14.0 Å². The minimum atomic E-state index is -0.272. The lowest BCUT2D eigenvalue weighted by atomic mass is 10.2. The van der Waals surface area contributed by atoms with Gasteiger partial charge in [-0.1, -0.05) is 0 Å². The predicted octanol–water partition coefficient (Wildman–Crippen LogP) is 3.18. The van der Waals surface area contributed by atoms with Crippen molar-refractivity contribution in [2.24, 2.45) is 0 Å². The highest BCUT2D eigenvalue weighted by Crippen LogP contribution is 2.13. The van der Waals surface area contributed by atoms with Crippen molar-refractivity contribution in [3.05, 3.63) is 78.5 Å². The highest BCUT2D eigenvalue weighted by Gasteiger charge is 2.09. The fraction of sp³-hybridized carbons (Fsp3) is 0. The Bertz CT molecular complexity index is 797. The molecule has 2 aromatic heterocycles. The van der Waals surface area contributed by atoms with Gasteiger partial charge in [-0.2, -0.15) is 0 Å². The smallest absolute Gasteiger partial charge is 0.258 e. The number of carbonyl (C=O) groups excluding carboxylic acids is 2. The SMILES string of the molecule is O=C(Nc1cccnc1)c1ccc(NC(=O)c2ccoc2)cc1. The van der Waals surface area contributed by atoms with E-state index in [1.807, 2.05) is 0 Å². The van der Waals surface area contributed by atoms with Crippen molar-refractivity contribution in [2.75, 3.05) is 10.6 Å². The summed E-state index contributed by atoms with van der Waals surface area (Å²) < 4.78 is 4.86. The van der Waals surface area contributed by atoms with E-state index in [2.05, 4.69) is 15.6 Å². The average Bonchev–Trinajstić information content (AvgIpc) is 3.11. The number of furan rings is 1. The summed E-state index contributed by atoms with van der Waals surface area (Å²) in [4.78, 5) is 27.9. The summed E-state index contributed by atoms with van der Waals surface area (Å²) in [5.41, 5.74) is 2.13. The van der Waals surface area contributed by atoms with Gasteiger partial charge in [0.1, 0.15) is 6.26 Å². The zero-order chi connectivity index (χ0) is 16.1. The number of nitrogens with zero attached hydrogens (tertiary/aromatic N) is 1. The number of benzene rings is 1. The van der Waals surface area contributed by atoms with E-state index in [0.717, 1.165) is 0 Å². The zero-order valence-corrected chi connectivity index (χ0v) is 12.0. The maximum Gasteiger partial charge on any atom is 0.258 e. The number of hydrogen-bond acceptors (Lipinski definition) is 4. The van der Waals surface area contributed by atoms with Gasteiger partial charge in [0.25, 0.3) is 11.8 Å². The topological polar surface area (TPSA) is 84.2 Å². The van der Waals surface area contributed by atoms with Gasteiger partial charge in [-0.15, -0.1) is 0 Å². The van der Waals surface area contributed by atoms with Gasteiger partial charge in [0, 0.05) is 17.4 Å². The molecule has 0 aliphatic heterocycles. The number of anilines is 2. The molecule has 0 atom stereocenters. The maximum absolute atomic E-state index is 12.1. The van der Waals surface area contributed by atoms with Crippen LogP contribution in [-0.4, -0.2) is 16.8 Å². The summed E-state index contributed by atoms with van der Waals surface area (Å²) in [6.45, 7) is 0. The van der Waals surface area contributed by atoms with E-state index >= 15 is 0 Å². The van der Waals surface area contributed by atoms with Gasteiger partial charge in [0.15, 0.2) is 0 Å². The van der Waals surface area contributed by atoms with Crippen LogP contribution < -0.4 is 10.6 Å². The number of aromatic nitrogens is 1. The summed E-state index contributed by atoms with van der Waals surface area (Å²) in [5, 5.41) is 5.46. The van der Waals surface area contributed by atoms with Crippen molar-refractivity contribution in [2.45, 2.75) is 0 Å². The Labute approximate surface area is 132 Å². The van der Waals surface area contributed by atoms with Crippen LogP contribution in [0.15, 0.2) is 71.8 Å². The second-order valence-electron chi connectivity index (χ2n) is 4.74. The molecule has 23 heavy (non-hydrogen) atoms. The van der Waals surface area contributed by atoms with Crippen molar-refractivity contribution in [3.8, 4) is 0 Å². The van der Waals surface area contributed by atoms with E-state index in [-0.39, 0.29) is 11.8 Å². The van der Waals surface area contributed by atoms with Gasteiger partial charge >= 0.3 is 0 Å². The van der Waals surface area contributed by atoms with Crippen LogP contribution in [0.4, 0.5) is 11.4 Å². The molecule has 6 nitrogen and oxygen atoms in total. The molecule has 0 unspecified atom stereocenters. The van der Waals surface area contributed by atoms with E-state index in [9.17, 15) is 9.59 Å². The molecular formula is C17H13N3O3. The van der Waals surface area contributed by atoms with E-state index in [4.69, 9.17) is 4.42 Å². The standard InChI is InChI=1S/C17H13N3O3/c21-16(20-15-2-1-8-18-10-15)12-3-5-14(6-4-12)19-17(22)13-7-9-23-11-13/h1-11H,(H,19,22)(H,20,21). The fourth-order valence-electron chi connectivity index (χ4n) is 1.94. The Morgan fingerprint density at radius 3 is 2.26 bits per heavy atom. The van der Waals surface area contributed by atoms with Gasteiger partial charge in [-0.25, -0.2) is 0 Å². The van der Waals surface area contributed by atoms with Crippen LogP contribution in [0.2, 0.25) is 0 Å². The molecule has 0 aliphatic rings. The first-order chi connectivity index (χ1) is 11.2. The van der Waals surface area contributed by atoms with E-state index < -0.39 is 0 Å². The monoisotopic (exact) mass is 307 g/mol. The number of hydrogen-bond donors (Lipinski definition) is 2. The first-order valence-electron chi connectivity index (χ1n) is 6.87. The summed E-state index contributed by atoms with van der Waals surface area (Å²) in [6, 6.07) is 11.7. The molecule has 6 heteroatoms. The Hall–Kier alpha value is -3.41. The van der Waals surface area contributed by atoms with Crippen LogP contribution in [0.5, 0.6) is 0 Å². The van der Waals surface area contributed by atoms with Crippen molar-refractivity contribution >= 4 is 23.2 Å². The quantitative estimate of drug-likeness (QED) is 0.775. The zero-order valence-electron chi connectivity index (χ0n) is 12.0. The Balaban J connectivity index is 1.65. The molecule has 0 fully saturated rings. The van der Waals surface area contributed by atoms with Gasteiger partial charge in [0.2, 0.25) is 0 Å². The van der Waals surface area contributed by atoms with Gasteiger partial charge < -0.3 is 15.1 Å². The van der Waals surface area contributed by atoms with Crippen LogP contribution >= 0.6 is 0 Å². The lowest BCUT2D eigenvalue weighted by Gasteiger charge is -2.06. The number of rotatable bonds is 4. The average molecular weight is 307 g/mol. The molecule has 0 saturated heterocycles. The molecule has 1 aromatic carbocycles. The van der Waals surface area contributed by atoms with Crippen molar-refractivity contribution in [3.63, 3.8) is 0 Å². The lowest BCUT2D eigenvalue weighted by Crippen LogP contribution is -2.13. The maximum atomic E-state index is 12.1. The highest BCUT2D eigenvalue weighted by molar-refractivity contribution is 6.06. The summed E-state index contributed by atoms with van der Waals surface area (Å²) in [5.74, 6) is -0.517. The van der Waals surface area contributed by atoms with Crippen LogP contribution in [0.3, 0.4) is 0 Å². The second-order valence-corrected chi connectivity index (χ2v) is 4.74. The van der Waals surface area contributed by atoms with Crippen LogP contribution in [0.1, 0.15) is 20.7 Å². The minimum absolute atomic E-state index is 0.245. The lowest BCUT2D eigenvalue weighted by molar-refractivity contribution is 0.101. The molecule has 0 radical (unpaired) electrons. The first kappa shape index (κ1) is 14.5. The van der Waals surface area contributed by atoms with Crippen LogP contribution in [0, 0.1) is 0 Å². The van der Waals surface area contributed by atoms with E-state index in [1.54, 1.807) is 54.9 Å². The number of amides is 2. The molecule has 114 valence electrons. The third-order valence-electron chi connectivity index (χ3n) is 3.11. The van der Waals surface area contributed by atoms with Gasteiger partial charge in [-0.3, -0.25) is 14.6 Å². The number of nitrogens with one attached hydrogen (secondary N) is 2. The molecule has 0 spiro atoms. The van der Waals surface area contributed by atoms with E-state index in [1.165, 1.54) is 12.5 Å². The third-order valence-corrected chi connectivity index (χ3v) is 3.11. The van der Waals surface area contributed by atoms with Gasteiger partial charge in [0.05, 0.1) is 23.7 Å². The van der Waals surface area contributed by atoms with Crippen LogP contribution in [0.25, 0.3) is 0 Å². The Kier molecular flexibility index (Phi) is 4.15. The summed E-state index contributed by atoms with van der Waals surface area (Å²) in [7, 11) is 0. The normalized spacial score (nSPS) is 10.1. The molecule has 3 aromatic rings. The second kappa shape index (κ2) is 6.57. The van der Waals surface area contributed by atoms with E-state index in [0.29, 0.717) is 22.5 Å². The molecule has 2 heterocycles. The molecular weight excluding hydrogens is 294 g/mol. The number of pyridine rings is 1. The number of carbonyl (C=O) groups is 2. The van der Waals surface area contributed by atoms with Crippen LogP contribution in [-0.2, 0) is 0 Å². The predicted molar refractivity (Wildman–Crippen MR) is 85.3 cm³/mol. The minimum Gasteiger partial charge on any atom is -0.472 e. The molecule has 0 aliphatic carbocycles. The van der Waals surface area contributed by atoms with Crippen molar-refractivity contribution in [1.29, 1.82) is 0 Å². The molecule has 3 rings (SSSR count). The first-order valence-corrected chi connectivity index (χ1v) is 6.87.